The van der Waals surface area contributed by atoms with E-state index in [1.54, 1.807) is 11.3 Å². The molecular formula is C15H20N2O2S. The van der Waals surface area contributed by atoms with Gasteiger partial charge in [0, 0.05) is 22.5 Å². The molecule has 5 heteroatoms. The van der Waals surface area contributed by atoms with Crippen molar-refractivity contribution in [1.82, 2.24) is 4.98 Å². The summed E-state index contributed by atoms with van der Waals surface area (Å²) in [6.45, 7) is 5.81. The third-order valence-electron chi connectivity index (χ3n) is 2.96. The van der Waals surface area contributed by atoms with Crippen molar-refractivity contribution in [1.29, 1.82) is 0 Å². The van der Waals surface area contributed by atoms with E-state index in [-0.39, 0.29) is 0 Å². The Morgan fingerprint density at radius 3 is 2.90 bits per heavy atom. The summed E-state index contributed by atoms with van der Waals surface area (Å²) in [5, 5.41) is 0. The quantitative estimate of drug-likeness (QED) is 0.629. The van der Waals surface area contributed by atoms with E-state index in [1.807, 2.05) is 37.6 Å². The summed E-state index contributed by atoms with van der Waals surface area (Å²) in [7, 11) is 0. The molecule has 0 unspecified atom stereocenters. The second kappa shape index (κ2) is 7.26. The zero-order valence-electron chi connectivity index (χ0n) is 11.9. The van der Waals surface area contributed by atoms with Gasteiger partial charge in [0.2, 0.25) is 0 Å². The maximum Gasteiger partial charge on any atom is 0.124 e. The number of thiazole rings is 1. The molecule has 108 valence electrons. The van der Waals surface area contributed by atoms with Crippen LogP contribution < -0.4 is 10.5 Å². The molecule has 1 aromatic carbocycles. The molecule has 0 radical (unpaired) electrons. The van der Waals surface area contributed by atoms with E-state index in [1.165, 1.54) is 4.88 Å². The van der Waals surface area contributed by atoms with Crippen molar-refractivity contribution >= 4 is 17.0 Å². The molecule has 20 heavy (non-hydrogen) atoms. The molecular weight excluding hydrogens is 272 g/mol. The molecule has 0 saturated carbocycles. The minimum Gasteiger partial charge on any atom is -0.494 e. The second-order valence-electron chi connectivity index (χ2n) is 4.46. The molecule has 0 bridgehead atoms. The molecule has 0 aliphatic rings. The molecule has 0 fully saturated rings. The van der Waals surface area contributed by atoms with Crippen LogP contribution in [0.2, 0.25) is 0 Å². The molecule has 0 atom stereocenters. The van der Waals surface area contributed by atoms with Gasteiger partial charge in [-0.3, -0.25) is 0 Å². The van der Waals surface area contributed by atoms with E-state index >= 15 is 0 Å². The van der Waals surface area contributed by atoms with Crippen molar-refractivity contribution in [2.45, 2.75) is 26.9 Å². The van der Waals surface area contributed by atoms with Crippen LogP contribution in [0.1, 0.15) is 23.1 Å². The Kier molecular flexibility index (Phi) is 5.38. The van der Waals surface area contributed by atoms with E-state index in [9.17, 15) is 0 Å². The Morgan fingerprint density at radius 2 is 2.20 bits per heavy atom. The van der Waals surface area contributed by atoms with Gasteiger partial charge in [0.25, 0.3) is 0 Å². The summed E-state index contributed by atoms with van der Waals surface area (Å²) < 4.78 is 11.3. The van der Waals surface area contributed by atoms with E-state index < -0.39 is 0 Å². The molecule has 2 rings (SSSR count). The Balaban J connectivity index is 1.87. The Morgan fingerprint density at radius 1 is 1.35 bits per heavy atom. The molecule has 0 saturated heterocycles. The number of aromatic nitrogens is 1. The number of aryl methyl sites for hydroxylation is 1. The van der Waals surface area contributed by atoms with Gasteiger partial charge in [0.1, 0.15) is 5.75 Å². The highest BCUT2D eigenvalue weighted by molar-refractivity contribution is 7.09. The SMILES string of the molecule is CCOc1ccc(N)cc1COCCc1scnc1C. The van der Waals surface area contributed by atoms with Gasteiger partial charge < -0.3 is 15.2 Å². The number of benzene rings is 1. The Labute approximate surface area is 123 Å². The van der Waals surface area contributed by atoms with Crippen molar-refractivity contribution in [3.63, 3.8) is 0 Å². The Bertz CT molecular complexity index is 555. The van der Waals surface area contributed by atoms with Gasteiger partial charge in [-0.25, -0.2) is 4.98 Å². The van der Waals surface area contributed by atoms with Gasteiger partial charge in [-0.05, 0) is 32.0 Å². The Hall–Kier alpha value is -1.59. The highest BCUT2D eigenvalue weighted by Crippen LogP contribution is 2.22. The monoisotopic (exact) mass is 292 g/mol. The van der Waals surface area contributed by atoms with Crippen molar-refractivity contribution in [2.24, 2.45) is 0 Å². The smallest absolute Gasteiger partial charge is 0.124 e. The van der Waals surface area contributed by atoms with Crippen molar-refractivity contribution < 1.29 is 9.47 Å². The lowest BCUT2D eigenvalue weighted by atomic mass is 10.2. The standard InChI is InChI=1S/C15H20N2O2S/c1-3-19-14-5-4-13(16)8-12(14)9-18-7-6-15-11(2)17-10-20-15/h4-5,8,10H,3,6-7,9,16H2,1-2H3. The number of hydrogen-bond acceptors (Lipinski definition) is 5. The van der Waals surface area contributed by atoms with Crippen LogP contribution in [0.15, 0.2) is 23.7 Å². The summed E-state index contributed by atoms with van der Waals surface area (Å²) in [4.78, 5) is 5.51. The fraction of sp³-hybridized carbons (Fsp3) is 0.400. The average molecular weight is 292 g/mol. The molecule has 4 nitrogen and oxygen atoms in total. The number of rotatable bonds is 7. The molecule has 1 aromatic heterocycles. The van der Waals surface area contributed by atoms with Crippen LogP contribution >= 0.6 is 11.3 Å². The minimum atomic E-state index is 0.512. The number of nitrogens with two attached hydrogens (primary N) is 1. The van der Waals surface area contributed by atoms with Gasteiger partial charge >= 0.3 is 0 Å². The lowest BCUT2D eigenvalue weighted by molar-refractivity contribution is 0.121. The highest BCUT2D eigenvalue weighted by Gasteiger charge is 2.05. The van der Waals surface area contributed by atoms with Gasteiger partial charge in [-0.2, -0.15) is 0 Å². The number of nitrogens with zero attached hydrogens (tertiary/aromatic N) is 1. The normalized spacial score (nSPS) is 10.7. The first kappa shape index (κ1) is 14.8. The van der Waals surface area contributed by atoms with Crippen LogP contribution in [-0.2, 0) is 17.8 Å². The zero-order valence-corrected chi connectivity index (χ0v) is 12.7. The van der Waals surface area contributed by atoms with Crippen molar-refractivity contribution in [3.05, 3.63) is 39.8 Å². The lowest BCUT2D eigenvalue weighted by Crippen LogP contribution is -2.03. The van der Waals surface area contributed by atoms with E-state index in [0.29, 0.717) is 19.8 Å². The van der Waals surface area contributed by atoms with Crippen LogP contribution in [0, 0.1) is 6.92 Å². The van der Waals surface area contributed by atoms with E-state index in [4.69, 9.17) is 15.2 Å². The summed E-state index contributed by atoms with van der Waals surface area (Å²) in [6, 6.07) is 5.64. The van der Waals surface area contributed by atoms with Gasteiger partial charge in [0.05, 0.1) is 31.0 Å². The first-order chi connectivity index (χ1) is 9.70. The van der Waals surface area contributed by atoms with Gasteiger partial charge in [0.15, 0.2) is 0 Å². The molecule has 0 spiro atoms. The average Bonchev–Trinajstić information content (AvgIpc) is 2.83. The maximum absolute atomic E-state index is 5.81. The first-order valence-electron chi connectivity index (χ1n) is 6.68. The predicted octanol–water partition coefficient (Wildman–Crippen LogP) is 3.19. The van der Waals surface area contributed by atoms with Crippen molar-refractivity contribution in [3.8, 4) is 5.75 Å². The third kappa shape index (κ3) is 3.95. The summed E-state index contributed by atoms with van der Waals surface area (Å²) in [5.74, 6) is 0.843. The fourth-order valence-electron chi connectivity index (χ4n) is 1.92. The second-order valence-corrected chi connectivity index (χ2v) is 5.40. The summed E-state index contributed by atoms with van der Waals surface area (Å²) in [5.41, 5.74) is 10.5. The fourth-order valence-corrected chi connectivity index (χ4v) is 2.68. The van der Waals surface area contributed by atoms with E-state index in [0.717, 1.165) is 29.1 Å². The summed E-state index contributed by atoms with van der Waals surface area (Å²) in [6.07, 6.45) is 0.892. The molecule has 2 aromatic rings. The van der Waals surface area contributed by atoms with Gasteiger partial charge in [-0.15, -0.1) is 11.3 Å². The zero-order chi connectivity index (χ0) is 14.4. The molecule has 0 aliphatic carbocycles. The molecule has 0 aliphatic heterocycles. The topological polar surface area (TPSA) is 57.4 Å². The molecule has 0 amide bonds. The van der Waals surface area contributed by atoms with Crippen LogP contribution in [0.3, 0.4) is 0 Å². The lowest BCUT2D eigenvalue weighted by Gasteiger charge is -2.11. The summed E-state index contributed by atoms with van der Waals surface area (Å²) >= 11 is 1.67. The number of anilines is 1. The maximum atomic E-state index is 5.81. The van der Waals surface area contributed by atoms with Gasteiger partial charge in [-0.1, -0.05) is 0 Å². The predicted molar refractivity (Wildman–Crippen MR) is 82.2 cm³/mol. The van der Waals surface area contributed by atoms with E-state index in [2.05, 4.69) is 4.98 Å². The minimum absolute atomic E-state index is 0.512. The number of hydrogen-bond donors (Lipinski definition) is 1. The van der Waals surface area contributed by atoms with Crippen LogP contribution in [0.25, 0.3) is 0 Å². The van der Waals surface area contributed by atoms with Crippen LogP contribution in [0.4, 0.5) is 5.69 Å². The molecule has 1 heterocycles. The van der Waals surface area contributed by atoms with Crippen LogP contribution in [-0.4, -0.2) is 18.2 Å². The first-order valence-corrected chi connectivity index (χ1v) is 7.56. The van der Waals surface area contributed by atoms with Crippen molar-refractivity contribution in [2.75, 3.05) is 18.9 Å². The highest BCUT2D eigenvalue weighted by atomic mass is 32.1. The number of nitrogen functional groups attached to an aromatic ring is 1. The third-order valence-corrected chi connectivity index (χ3v) is 3.96. The van der Waals surface area contributed by atoms with Crippen LogP contribution in [0.5, 0.6) is 5.75 Å². The largest absolute Gasteiger partial charge is 0.494 e. The number of ether oxygens (including phenoxy) is 2. The molecule has 2 N–H and O–H groups in total.